The van der Waals surface area contributed by atoms with E-state index in [1.807, 2.05) is 18.4 Å². The molecule has 0 saturated heterocycles. The summed E-state index contributed by atoms with van der Waals surface area (Å²) in [5.41, 5.74) is 0.978. The summed E-state index contributed by atoms with van der Waals surface area (Å²) >= 11 is 1.42. The summed E-state index contributed by atoms with van der Waals surface area (Å²) < 4.78 is 0. The molecule has 1 atom stereocenters. The molecule has 17 heavy (non-hydrogen) atoms. The molecule has 0 saturated carbocycles. The summed E-state index contributed by atoms with van der Waals surface area (Å²) in [7, 11) is 0. The van der Waals surface area contributed by atoms with Gasteiger partial charge in [-0.1, -0.05) is 6.92 Å². The van der Waals surface area contributed by atoms with Crippen LogP contribution in [-0.2, 0) is 4.79 Å². The predicted octanol–water partition coefficient (Wildman–Crippen LogP) is 2.29. The fourth-order valence-electron chi connectivity index (χ4n) is 1.42. The average Bonchev–Trinajstić information content (AvgIpc) is 2.70. The number of hydrogen-bond acceptors (Lipinski definition) is 3. The van der Waals surface area contributed by atoms with Gasteiger partial charge in [0.25, 0.3) is 5.91 Å². The average molecular weight is 255 g/mol. The van der Waals surface area contributed by atoms with E-state index in [2.05, 4.69) is 5.32 Å². The number of thiophene rings is 1. The van der Waals surface area contributed by atoms with Gasteiger partial charge < -0.3 is 10.4 Å². The highest BCUT2D eigenvalue weighted by molar-refractivity contribution is 7.12. The second kappa shape index (κ2) is 6.39. The highest BCUT2D eigenvalue weighted by Crippen LogP contribution is 2.15. The monoisotopic (exact) mass is 255 g/mol. The van der Waals surface area contributed by atoms with Gasteiger partial charge in [-0.25, -0.2) is 0 Å². The fraction of sp³-hybridized carbons (Fsp3) is 0.500. The van der Waals surface area contributed by atoms with Crippen molar-refractivity contribution < 1.29 is 14.7 Å². The normalized spacial score (nSPS) is 12.1. The largest absolute Gasteiger partial charge is 0.481 e. The summed E-state index contributed by atoms with van der Waals surface area (Å²) in [6.45, 7) is 4.10. The summed E-state index contributed by atoms with van der Waals surface area (Å²) in [5.74, 6) is -1.21. The van der Waals surface area contributed by atoms with Gasteiger partial charge in [-0.05, 0) is 36.8 Å². The van der Waals surface area contributed by atoms with Crippen LogP contribution in [0.5, 0.6) is 0 Å². The number of hydrogen-bond donors (Lipinski definition) is 2. The zero-order chi connectivity index (χ0) is 12.8. The molecule has 0 aromatic carbocycles. The van der Waals surface area contributed by atoms with Crippen LogP contribution in [-0.4, -0.2) is 23.5 Å². The van der Waals surface area contributed by atoms with Gasteiger partial charge in [0.15, 0.2) is 0 Å². The lowest BCUT2D eigenvalue weighted by atomic mass is 10.1. The van der Waals surface area contributed by atoms with Gasteiger partial charge in [0.1, 0.15) is 0 Å². The van der Waals surface area contributed by atoms with E-state index in [4.69, 9.17) is 5.11 Å². The van der Waals surface area contributed by atoms with Crippen molar-refractivity contribution in [2.75, 3.05) is 6.54 Å². The minimum Gasteiger partial charge on any atom is -0.481 e. The van der Waals surface area contributed by atoms with E-state index in [0.717, 1.165) is 10.4 Å². The Kier molecular flexibility index (Phi) is 5.15. The highest BCUT2D eigenvalue weighted by Gasteiger charge is 2.12. The number of nitrogens with one attached hydrogen (secondary N) is 1. The van der Waals surface area contributed by atoms with E-state index in [1.54, 1.807) is 6.92 Å². The van der Waals surface area contributed by atoms with Crippen LogP contribution in [0.1, 0.15) is 35.0 Å². The molecular weight excluding hydrogens is 238 g/mol. The number of rotatable bonds is 6. The molecule has 1 heterocycles. The molecule has 1 aromatic heterocycles. The smallest absolute Gasteiger partial charge is 0.306 e. The third-order valence-corrected chi connectivity index (χ3v) is 3.60. The van der Waals surface area contributed by atoms with Crippen LogP contribution >= 0.6 is 11.3 Å². The Bertz CT molecular complexity index is 400. The molecule has 0 fully saturated rings. The third-order valence-electron chi connectivity index (χ3n) is 2.59. The van der Waals surface area contributed by atoms with Crippen LogP contribution in [0.3, 0.4) is 0 Å². The lowest BCUT2D eigenvalue weighted by molar-refractivity contribution is -0.141. The first-order valence-corrected chi connectivity index (χ1v) is 6.45. The molecular formula is C12H17NO3S. The molecule has 1 aromatic rings. The molecule has 1 unspecified atom stereocenters. The predicted molar refractivity (Wildman–Crippen MR) is 67.4 cm³/mol. The maximum Gasteiger partial charge on any atom is 0.306 e. The van der Waals surface area contributed by atoms with Crippen molar-refractivity contribution in [3.05, 3.63) is 21.9 Å². The van der Waals surface area contributed by atoms with Gasteiger partial charge in [-0.3, -0.25) is 9.59 Å². The van der Waals surface area contributed by atoms with Crippen LogP contribution < -0.4 is 5.32 Å². The number of carbonyl (C=O) groups excluding carboxylic acids is 1. The Balaban J connectivity index is 2.26. The van der Waals surface area contributed by atoms with Crippen LogP contribution in [0.25, 0.3) is 0 Å². The third kappa shape index (κ3) is 4.19. The molecule has 1 rings (SSSR count). The van der Waals surface area contributed by atoms with E-state index in [0.29, 0.717) is 19.4 Å². The number of carbonyl (C=O) groups is 2. The summed E-state index contributed by atoms with van der Waals surface area (Å²) in [6, 6.07) is 1.91. The maximum absolute atomic E-state index is 11.7. The Morgan fingerprint density at radius 2 is 2.24 bits per heavy atom. The second-order valence-corrected chi connectivity index (χ2v) is 4.99. The molecule has 0 spiro atoms. The molecule has 1 amide bonds. The minimum absolute atomic E-state index is 0.0690. The Labute approximate surface area is 105 Å². The molecule has 2 N–H and O–H groups in total. The zero-order valence-electron chi connectivity index (χ0n) is 10.0. The number of aliphatic carboxylic acids is 1. The molecule has 94 valence electrons. The van der Waals surface area contributed by atoms with Crippen molar-refractivity contribution in [3.63, 3.8) is 0 Å². The molecule has 5 heteroatoms. The van der Waals surface area contributed by atoms with E-state index < -0.39 is 5.97 Å². The first-order chi connectivity index (χ1) is 8.02. The molecule has 0 aliphatic carbocycles. The standard InChI is InChI=1S/C12H17NO3S/c1-8-5-7-17-10(8)11(14)13-6-3-4-9(2)12(15)16/h5,7,9H,3-4,6H2,1-2H3,(H,13,14)(H,15,16). The molecule has 4 nitrogen and oxygen atoms in total. The van der Waals surface area contributed by atoms with E-state index in [-0.39, 0.29) is 11.8 Å². The summed E-state index contributed by atoms with van der Waals surface area (Å²) in [4.78, 5) is 23.0. The lowest BCUT2D eigenvalue weighted by Crippen LogP contribution is -2.25. The van der Waals surface area contributed by atoms with Crippen molar-refractivity contribution in [1.29, 1.82) is 0 Å². The highest BCUT2D eigenvalue weighted by atomic mass is 32.1. The van der Waals surface area contributed by atoms with Crippen molar-refractivity contribution in [2.24, 2.45) is 5.92 Å². The first-order valence-electron chi connectivity index (χ1n) is 5.57. The first kappa shape index (κ1) is 13.7. The Hall–Kier alpha value is -1.36. The molecule has 0 radical (unpaired) electrons. The van der Waals surface area contributed by atoms with Crippen LogP contribution in [0.2, 0.25) is 0 Å². The number of amides is 1. The molecule has 0 aliphatic heterocycles. The zero-order valence-corrected chi connectivity index (χ0v) is 10.8. The number of aryl methyl sites for hydroxylation is 1. The Morgan fingerprint density at radius 1 is 1.53 bits per heavy atom. The summed E-state index contributed by atoms with van der Waals surface area (Å²) in [5, 5.41) is 13.4. The van der Waals surface area contributed by atoms with Crippen molar-refractivity contribution in [1.82, 2.24) is 5.32 Å². The lowest BCUT2D eigenvalue weighted by Gasteiger charge is -2.07. The van der Waals surface area contributed by atoms with E-state index in [1.165, 1.54) is 11.3 Å². The molecule has 0 aliphatic rings. The van der Waals surface area contributed by atoms with Gasteiger partial charge in [0.05, 0.1) is 10.8 Å². The fourth-order valence-corrected chi connectivity index (χ4v) is 2.26. The van der Waals surface area contributed by atoms with Gasteiger partial charge >= 0.3 is 5.97 Å². The van der Waals surface area contributed by atoms with Gasteiger partial charge in [-0.2, -0.15) is 0 Å². The summed E-state index contributed by atoms with van der Waals surface area (Å²) in [6.07, 6.45) is 1.27. The minimum atomic E-state index is -0.787. The number of carboxylic acids is 1. The van der Waals surface area contributed by atoms with Crippen molar-refractivity contribution >= 4 is 23.2 Å². The van der Waals surface area contributed by atoms with E-state index >= 15 is 0 Å². The SMILES string of the molecule is Cc1ccsc1C(=O)NCCCC(C)C(=O)O. The van der Waals surface area contributed by atoms with Crippen molar-refractivity contribution in [3.8, 4) is 0 Å². The van der Waals surface area contributed by atoms with Crippen LogP contribution in [0, 0.1) is 12.8 Å². The second-order valence-electron chi connectivity index (χ2n) is 4.07. The van der Waals surface area contributed by atoms with Gasteiger partial charge in [-0.15, -0.1) is 11.3 Å². The van der Waals surface area contributed by atoms with Crippen LogP contribution in [0.4, 0.5) is 0 Å². The van der Waals surface area contributed by atoms with E-state index in [9.17, 15) is 9.59 Å². The van der Waals surface area contributed by atoms with Gasteiger partial charge in [0, 0.05) is 6.54 Å². The maximum atomic E-state index is 11.7. The number of carboxylic acid groups (broad SMARTS) is 1. The molecule has 0 bridgehead atoms. The Morgan fingerprint density at radius 3 is 2.76 bits per heavy atom. The van der Waals surface area contributed by atoms with Crippen molar-refractivity contribution in [2.45, 2.75) is 26.7 Å². The quantitative estimate of drug-likeness (QED) is 0.766. The van der Waals surface area contributed by atoms with Crippen LogP contribution in [0.15, 0.2) is 11.4 Å². The topological polar surface area (TPSA) is 66.4 Å². The van der Waals surface area contributed by atoms with Gasteiger partial charge in [0.2, 0.25) is 0 Å².